The lowest BCUT2D eigenvalue weighted by molar-refractivity contribution is -0.124. The van der Waals surface area contributed by atoms with Gasteiger partial charge in [-0.1, -0.05) is 30.3 Å². The molecule has 1 aromatic heterocycles. The van der Waals surface area contributed by atoms with Crippen LogP contribution in [0.5, 0.6) is 0 Å². The second-order valence-electron chi connectivity index (χ2n) is 6.73. The molecule has 27 heavy (non-hydrogen) atoms. The number of nitrogens with zero attached hydrogens (tertiary/aromatic N) is 2. The van der Waals surface area contributed by atoms with Gasteiger partial charge in [-0.25, -0.2) is 8.42 Å². The molecule has 0 spiro atoms. The van der Waals surface area contributed by atoms with E-state index in [-0.39, 0.29) is 19.0 Å². The van der Waals surface area contributed by atoms with Crippen molar-refractivity contribution in [3.63, 3.8) is 0 Å². The number of halogens is 1. The summed E-state index contributed by atoms with van der Waals surface area (Å²) in [5, 5.41) is 10.2. The second kappa shape index (κ2) is 8.86. The summed E-state index contributed by atoms with van der Waals surface area (Å²) < 4.78 is 25.0. The van der Waals surface area contributed by atoms with Crippen LogP contribution in [0, 0.1) is 0 Å². The van der Waals surface area contributed by atoms with Crippen LogP contribution in [0.4, 0.5) is 0 Å². The highest BCUT2D eigenvalue weighted by molar-refractivity contribution is 7.92. The highest BCUT2D eigenvalue weighted by atomic mass is 35.5. The Morgan fingerprint density at radius 2 is 1.89 bits per heavy atom. The van der Waals surface area contributed by atoms with E-state index in [0.717, 1.165) is 17.4 Å². The van der Waals surface area contributed by atoms with Crippen LogP contribution < -0.4 is 10.6 Å². The van der Waals surface area contributed by atoms with Gasteiger partial charge in [0, 0.05) is 24.6 Å². The molecule has 1 aliphatic heterocycles. The Balaban J connectivity index is 0.00000261. The van der Waals surface area contributed by atoms with E-state index in [1.165, 1.54) is 0 Å². The fraction of sp³-hybridized carbons (Fsp3) is 0.444. The lowest BCUT2D eigenvalue weighted by Crippen LogP contribution is -2.57. The first-order chi connectivity index (χ1) is 12.4. The van der Waals surface area contributed by atoms with E-state index >= 15 is 0 Å². The molecule has 0 saturated carbocycles. The van der Waals surface area contributed by atoms with Crippen molar-refractivity contribution in [2.24, 2.45) is 0 Å². The van der Waals surface area contributed by atoms with Gasteiger partial charge in [0.25, 0.3) is 0 Å². The average Bonchev–Trinajstić information content (AvgIpc) is 3.07. The highest BCUT2D eigenvalue weighted by Gasteiger charge is 2.48. The van der Waals surface area contributed by atoms with Crippen molar-refractivity contribution < 1.29 is 13.2 Å². The SMILES string of the molecule is CS(=O)(=O)C1(C(=O)NCc2cnn(Cc3ccccc3)c2)CCNCC1.Cl. The number of sulfone groups is 1. The third kappa shape index (κ3) is 4.88. The standard InChI is InChI=1S/C18H24N4O3S.ClH/c1-26(24,25)18(7-9-19-10-8-18)17(23)20-11-16-12-21-22(14-16)13-15-5-3-2-4-6-15;/h2-6,12,14,19H,7-11,13H2,1H3,(H,20,23);1H. The molecule has 0 atom stereocenters. The van der Waals surface area contributed by atoms with Gasteiger partial charge in [-0.3, -0.25) is 9.48 Å². The van der Waals surface area contributed by atoms with Gasteiger partial charge >= 0.3 is 0 Å². The van der Waals surface area contributed by atoms with E-state index in [2.05, 4.69) is 15.7 Å². The molecule has 0 radical (unpaired) electrons. The minimum atomic E-state index is -3.50. The molecule has 1 aliphatic rings. The Morgan fingerprint density at radius 1 is 1.22 bits per heavy atom. The largest absolute Gasteiger partial charge is 0.351 e. The second-order valence-corrected chi connectivity index (χ2v) is 9.06. The van der Waals surface area contributed by atoms with Crippen LogP contribution in [0.3, 0.4) is 0 Å². The lowest BCUT2D eigenvalue weighted by Gasteiger charge is -2.34. The van der Waals surface area contributed by atoms with E-state index in [9.17, 15) is 13.2 Å². The van der Waals surface area contributed by atoms with Gasteiger partial charge in [-0.2, -0.15) is 5.10 Å². The molecule has 2 N–H and O–H groups in total. The summed E-state index contributed by atoms with van der Waals surface area (Å²) in [7, 11) is -3.50. The number of benzene rings is 1. The number of rotatable bonds is 6. The zero-order valence-electron chi connectivity index (χ0n) is 15.2. The summed E-state index contributed by atoms with van der Waals surface area (Å²) >= 11 is 0. The molecule has 7 nitrogen and oxygen atoms in total. The first-order valence-corrected chi connectivity index (χ1v) is 10.5. The third-order valence-corrected chi connectivity index (χ3v) is 6.88. The van der Waals surface area contributed by atoms with E-state index in [1.807, 2.05) is 36.5 Å². The van der Waals surface area contributed by atoms with Crippen LogP contribution in [0.15, 0.2) is 42.7 Å². The molecule has 0 bridgehead atoms. The lowest BCUT2D eigenvalue weighted by atomic mass is 9.96. The van der Waals surface area contributed by atoms with E-state index in [4.69, 9.17) is 0 Å². The molecule has 1 aromatic carbocycles. The van der Waals surface area contributed by atoms with Gasteiger partial charge in [-0.15, -0.1) is 12.4 Å². The van der Waals surface area contributed by atoms with E-state index in [0.29, 0.717) is 32.5 Å². The van der Waals surface area contributed by atoms with Crippen molar-refractivity contribution in [3.05, 3.63) is 53.9 Å². The monoisotopic (exact) mass is 412 g/mol. The first kappa shape index (κ1) is 21.4. The van der Waals surface area contributed by atoms with Crippen LogP contribution in [0.1, 0.15) is 24.0 Å². The summed E-state index contributed by atoms with van der Waals surface area (Å²) in [5.41, 5.74) is 1.98. The maximum absolute atomic E-state index is 12.7. The van der Waals surface area contributed by atoms with Crippen LogP contribution in [-0.4, -0.2) is 48.2 Å². The minimum Gasteiger partial charge on any atom is -0.351 e. The smallest absolute Gasteiger partial charge is 0.241 e. The summed E-state index contributed by atoms with van der Waals surface area (Å²) in [5.74, 6) is -0.419. The molecular weight excluding hydrogens is 388 g/mol. The average molecular weight is 413 g/mol. The molecule has 2 heterocycles. The summed E-state index contributed by atoms with van der Waals surface area (Å²) in [6.07, 6.45) is 5.30. The Kier molecular flexibility index (Phi) is 7.02. The Morgan fingerprint density at radius 3 is 2.52 bits per heavy atom. The number of nitrogens with one attached hydrogen (secondary N) is 2. The fourth-order valence-electron chi connectivity index (χ4n) is 3.29. The molecule has 9 heteroatoms. The first-order valence-electron chi connectivity index (χ1n) is 8.65. The summed E-state index contributed by atoms with van der Waals surface area (Å²) in [4.78, 5) is 12.7. The Labute approximate surface area is 165 Å². The molecule has 1 saturated heterocycles. The molecular formula is C18H25ClN4O3S. The van der Waals surface area contributed by atoms with Crippen molar-refractivity contribution in [2.45, 2.75) is 30.7 Å². The molecule has 0 aliphatic carbocycles. The molecule has 148 valence electrons. The molecule has 1 fully saturated rings. The zero-order valence-corrected chi connectivity index (χ0v) is 16.9. The minimum absolute atomic E-state index is 0. The van der Waals surface area contributed by atoms with Crippen molar-refractivity contribution in [3.8, 4) is 0 Å². The predicted octanol–water partition coefficient (Wildman–Crippen LogP) is 1.14. The maximum atomic E-state index is 12.7. The van der Waals surface area contributed by atoms with Crippen molar-refractivity contribution in [1.29, 1.82) is 0 Å². The van der Waals surface area contributed by atoms with Crippen LogP contribution in [0.2, 0.25) is 0 Å². The zero-order chi connectivity index (χ0) is 18.6. The van der Waals surface area contributed by atoms with Gasteiger partial charge in [0.15, 0.2) is 14.6 Å². The topological polar surface area (TPSA) is 93.1 Å². The predicted molar refractivity (Wildman–Crippen MR) is 107 cm³/mol. The quantitative estimate of drug-likeness (QED) is 0.742. The van der Waals surface area contributed by atoms with Crippen LogP contribution in [-0.2, 0) is 27.7 Å². The van der Waals surface area contributed by atoms with Crippen LogP contribution in [0.25, 0.3) is 0 Å². The number of carbonyl (C=O) groups excluding carboxylic acids is 1. The normalized spacial score (nSPS) is 16.3. The number of carbonyl (C=O) groups is 1. The third-order valence-electron chi connectivity index (χ3n) is 4.86. The summed E-state index contributed by atoms with van der Waals surface area (Å²) in [6.45, 7) is 1.96. The molecule has 0 unspecified atom stereocenters. The summed E-state index contributed by atoms with van der Waals surface area (Å²) in [6, 6.07) is 9.96. The van der Waals surface area contributed by atoms with Crippen molar-refractivity contribution >= 4 is 28.2 Å². The number of aromatic nitrogens is 2. The number of amides is 1. The fourth-order valence-corrected chi connectivity index (χ4v) is 4.65. The number of piperidine rings is 1. The Hall–Kier alpha value is -1.90. The highest BCUT2D eigenvalue weighted by Crippen LogP contribution is 2.28. The van der Waals surface area contributed by atoms with Gasteiger partial charge < -0.3 is 10.6 Å². The van der Waals surface area contributed by atoms with Gasteiger partial charge in [0.05, 0.1) is 12.7 Å². The molecule has 3 rings (SSSR count). The van der Waals surface area contributed by atoms with Gasteiger partial charge in [-0.05, 0) is 31.5 Å². The molecule has 2 aromatic rings. The van der Waals surface area contributed by atoms with Gasteiger partial charge in [0.2, 0.25) is 5.91 Å². The van der Waals surface area contributed by atoms with Crippen LogP contribution >= 0.6 is 12.4 Å². The maximum Gasteiger partial charge on any atom is 0.241 e. The van der Waals surface area contributed by atoms with Crippen molar-refractivity contribution in [2.75, 3.05) is 19.3 Å². The Bertz CT molecular complexity index is 862. The van der Waals surface area contributed by atoms with Crippen molar-refractivity contribution in [1.82, 2.24) is 20.4 Å². The van der Waals surface area contributed by atoms with Gasteiger partial charge in [0.1, 0.15) is 0 Å². The number of hydrogen-bond acceptors (Lipinski definition) is 5. The van der Waals surface area contributed by atoms with E-state index < -0.39 is 20.5 Å². The number of hydrogen-bond donors (Lipinski definition) is 2. The van der Waals surface area contributed by atoms with E-state index in [1.54, 1.807) is 10.9 Å². The molecule has 1 amide bonds.